The van der Waals surface area contributed by atoms with E-state index in [1.165, 1.54) is 19.3 Å². The van der Waals surface area contributed by atoms with E-state index < -0.39 is 6.10 Å². The van der Waals surface area contributed by atoms with Crippen LogP contribution in [-0.4, -0.2) is 59.0 Å². The Morgan fingerprint density at radius 2 is 1.89 bits per heavy atom. The van der Waals surface area contributed by atoms with Crippen molar-refractivity contribution in [3.05, 3.63) is 18.5 Å². The van der Waals surface area contributed by atoms with Gasteiger partial charge in [-0.15, -0.1) is 0 Å². The fourth-order valence-corrected chi connectivity index (χ4v) is 4.97. The molecule has 4 atom stereocenters. The van der Waals surface area contributed by atoms with E-state index >= 15 is 0 Å². The van der Waals surface area contributed by atoms with E-state index in [4.69, 9.17) is 4.74 Å². The summed E-state index contributed by atoms with van der Waals surface area (Å²) in [6.07, 6.45) is 8.22. The lowest BCUT2D eigenvalue weighted by atomic mass is 9.86. The quantitative estimate of drug-likeness (QED) is 0.735. The number of hydrogen-bond acceptors (Lipinski definition) is 6. The smallest absolute Gasteiger partial charge is 0.306 e. The van der Waals surface area contributed by atoms with Crippen molar-refractivity contribution in [2.45, 2.75) is 45.1 Å². The first-order valence-corrected chi connectivity index (χ1v) is 10.1. The SMILES string of the molecule is CC(OC(=O)CC1CC2CCC1C2)C(=O)N1CCN(c2ncccn2)CC1. The van der Waals surface area contributed by atoms with Gasteiger partial charge in [0.05, 0.1) is 0 Å². The number of fused-ring (bicyclic) bond motifs is 2. The molecule has 2 aliphatic carbocycles. The standard InChI is InChI=1S/C20H28N4O3/c1-14(27-18(25)13-17-12-15-3-4-16(17)11-15)19(26)23-7-9-24(10-8-23)20-21-5-2-6-22-20/h2,5-6,14-17H,3-4,7-13H2,1H3. The first kappa shape index (κ1) is 18.2. The van der Waals surface area contributed by atoms with E-state index in [0.717, 1.165) is 12.3 Å². The molecule has 0 spiro atoms. The first-order chi connectivity index (χ1) is 13.1. The zero-order chi connectivity index (χ0) is 18.8. The van der Waals surface area contributed by atoms with Gasteiger partial charge in [0.25, 0.3) is 5.91 Å². The van der Waals surface area contributed by atoms with Crippen LogP contribution in [0.25, 0.3) is 0 Å². The van der Waals surface area contributed by atoms with Gasteiger partial charge in [0.2, 0.25) is 5.95 Å². The van der Waals surface area contributed by atoms with Crippen LogP contribution in [0.2, 0.25) is 0 Å². The monoisotopic (exact) mass is 372 g/mol. The molecule has 3 aliphatic rings. The zero-order valence-corrected chi connectivity index (χ0v) is 15.9. The minimum absolute atomic E-state index is 0.107. The minimum atomic E-state index is -0.712. The summed E-state index contributed by atoms with van der Waals surface area (Å²) in [4.78, 5) is 37.3. The fraction of sp³-hybridized carbons (Fsp3) is 0.700. The number of hydrogen-bond donors (Lipinski definition) is 0. The van der Waals surface area contributed by atoms with Crippen LogP contribution in [-0.2, 0) is 14.3 Å². The second kappa shape index (κ2) is 7.82. The Labute approximate surface area is 160 Å². The normalized spacial score (nSPS) is 28.3. The third-order valence-electron chi connectivity index (χ3n) is 6.40. The highest BCUT2D eigenvalue weighted by Gasteiger charge is 2.40. The molecule has 0 radical (unpaired) electrons. The summed E-state index contributed by atoms with van der Waals surface area (Å²) in [5.41, 5.74) is 0. The van der Waals surface area contributed by atoms with Crippen LogP contribution in [0.1, 0.15) is 39.0 Å². The summed E-state index contributed by atoms with van der Waals surface area (Å²) in [6.45, 7) is 4.23. The molecule has 27 heavy (non-hydrogen) atoms. The molecule has 2 heterocycles. The van der Waals surface area contributed by atoms with E-state index in [0.29, 0.717) is 50.4 Å². The van der Waals surface area contributed by atoms with E-state index in [-0.39, 0.29) is 11.9 Å². The maximum Gasteiger partial charge on any atom is 0.306 e. The van der Waals surface area contributed by atoms with Gasteiger partial charge in [-0.1, -0.05) is 6.42 Å². The van der Waals surface area contributed by atoms with Gasteiger partial charge in [0, 0.05) is 45.0 Å². The molecule has 1 aromatic heterocycles. The molecule has 4 rings (SSSR count). The van der Waals surface area contributed by atoms with Crippen molar-refractivity contribution in [3.63, 3.8) is 0 Å². The molecular formula is C20H28N4O3. The number of ether oxygens (including phenoxy) is 1. The molecule has 2 saturated carbocycles. The molecule has 1 saturated heterocycles. The van der Waals surface area contributed by atoms with Crippen molar-refractivity contribution < 1.29 is 14.3 Å². The molecule has 1 aromatic rings. The third-order valence-corrected chi connectivity index (χ3v) is 6.40. The van der Waals surface area contributed by atoms with E-state index in [9.17, 15) is 9.59 Å². The molecule has 0 aromatic carbocycles. The third kappa shape index (κ3) is 4.06. The molecular weight excluding hydrogens is 344 g/mol. The van der Waals surface area contributed by atoms with Crippen molar-refractivity contribution >= 4 is 17.8 Å². The van der Waals surface area contributed by atoms with Crippen molar-refractivity contribution in [2.75, 3.05) is 31.1 Å². The number of aromatic nitrogens is 2. The summed E-state index contributed by atoms with van der Waals surface area (Å²) < 4.78 is 5.48. The van der Waals surface area contributed by atoms with Gasteiger partial charge in [-0.05, 0) is 50.0 Å². The minimum Gasteiger partial charge on any atom is -0.453 e. The molecule has 146 valence electrons. The average Bonchev–Trinajstić information content (AvgIpc) is 3.31. The lowest BCUT2D eigenvalue weighted by Gasteiger charge is -2.35. The van der Waals surface area contributed by atoms with Crippen molar-refractivity contribution in [3.8, 4) is 0 Å². The second-order valence-electron chi connectivity index (χ2n) is 8.13. The average molecular weight is 372 g/mol. The Bertz CT molecular complexity index is 675. The highest BCUT2D eigenvalue weighted by Crippen LogP contribution is 2.49. The molecule has 0 N–H and O–H groups in total. The van der Waals surface area contributed by atoms with Gasteiger partial charge < -0.3 is 14.5 Å². The molecule has 1 aliphatic heterocycles. The molecule has 2 bridgehead atoms. The Balaban J connectivity index is 1.23. The lowest BCUT2D eigenvalue weighted by molar-refractivity contribution is -0.160. The Morgan fingerprint density at radius 1 is 1.15 bits per heavy atom. The van der Waals surface area contributed by atoms with Crippen LogP contribution < -0.4 is 4.90 Å². The molecule has 1 amide bonds. The lowest BCUT2D eigenvalue weighted by Crippen LogP contribution is -2.52. The topological polar surface area (TPSA) is 75.6 Å². The molecule has 3 fully saturated rings. The van der Waals surface area contributed by atoms with Crippen LogP contribution in [0.15, 0.2) is 18.5 Å². The van der Waals surface area contributed by atoms with Gasteiger partial charge >= 0.3 is 5.97 Å². The number of anilines is 1. The number of nitrogens with zero attached hydrogens (tertiary/aromatic N) is 4. The van der Waals surface area contributed by atoms with Gasteiger partial charge in [-0.2, -0.15) is 0 Å². The van der Waals surface area contributed by atoms with Crippen molar-refractivity contribution in [1.82, 2.24) is 14.9 Å². The largest absolute Gasteiger partial charge is 0.453 e. The highest BCUT2D eigenvalue weighted by atomic mass is 16.5. The number of carbonyl (C=O) groups excluding carboxylic acids is 2. The van der Waals surface area contributed by atoms with Gasteiger partial charge in [0.1, 0.15) is 0 Å². The predicted molar refractivity (Wildman–Crippen MR) is 99.9 cm³/mol. The van der Waals surface area contributed by atoms with E-state index in [1.54, 1.807) is 30.3 Å². The van der Waals surface area contributed by atoms with Gasteiger partial charge in [-0.3, -0.25) is 9.59 Å². The van der Waals surface area contributed by atoms with E-state index in [2.05, 4.69) is 14.9 Å². The Morgan fingerprint density at radius 3 is 2.52 bits per heavy atom. The molecule has 4 unspecified atom stereocenters. The van der Waals surface area contributed by atoms with Crippen molar-refractivity contribution in [2.24, 2.45) is 17.8 Å². The highest BCUT2D eigenvalue weighted by molar-refractivity contribution is 5.83. The zero-order valence-electron chi connectivity index (χ0n) is 15.9. The maximum atomic E-state index is 12.6. The number of carbonyl (C=O) groups is 2. The van der Waals surface area contributed by atoms with E-state index in [1.807, 2.05) is 0 Å². The number of amides is 1. The Hall–Kier alpha value is -2.18. The summed E-state index contributed by atoms with van der Waals surface area (Å²) in [7, 11) is 0. The van der Waals surface area contributed by atoms with Gasteiger partial charge in [0.15, 0.2) is 6.10 Å². The number of piperazine rings is 1. The summed E-state index contributed by atoms with van der Waals surface area (Å²) in [5.74, 6) is 2.34. The van der Waals surface area contributed by atoms with Crippen LogP contribution in [0.3, 0.4) is 0 Å². The first-order valence-electron chi connectivity index (χ1n) is 10.1. The van der Waals surface area contributed by atoms with Crippen LogP contribution in [0, 0.1) is 17.8 Å². The summed E-state index contributed by atoms with van der Waals surface area (Å²) in [6, 6.07) is 1.79. The Kier molecular flexibility index (Phi) is 5.27. The second-order valence-corrected chi connectivity index (χ2v) is 8.13. The summed E-state index contributed by atoms with van der Waals surface area (Å²) in [5, 5.41) is 0. The summed E-state index contributed by atoms with van der Waals surface area (Å²) >= 11 is 0. The number of rotatable bonds is 5. The molecule has 7 nitrogen and oxygen atoms in total. The van der Waals surface area contributed by atoms with Crippen LogP contribution >= 0.6 is 0 Å². The fourth-order valence-electron chi connectivity index (χ4n) is 4.97. The molecule has 7 heteroatoms. The van der Waals surface area contributed by atoms with Crippen molar-refractivity contribution in [1.29, 1.82) is 0 Å². The number of esters is 1. The van der Waals surface area contributed by atoms with Gasteiger partial charge in [-0.25, -0.2) is 9.97 Å². The maximum absolute atomic E-state index is 12.6. The van der Waals surface area contributed by atoms with Crippen LogP contribution in [0.4, 0.5) is 5.95 Å². The van der Waals surface area contributed by atoms with Crippen LogP contribution in [0.5, 0.6) is 0 Å². The predicted octanol–water partition coefficient (Wildman–Crippen LogP) is 1.88.